The first-order chi connectivity index (χ1) is 14.7. The highest BCUT2D eigenvalue weighted by atomic mass is 79.9. The van der Waals surface area contributed by atoms with Crippen LogP contribution in [0.4, 0.5) is 13.6 Å². The maximum atomic E-state index is 12.9. The van der Waals surface area contributed by atoms with E-state index in [1.165, 1.54) is 0 Å². The van der Waals surface area contributed by atoms with Gasteiger partial charge in [-0.2, -0.15) is 8.78 Å². The molecule has 0 aliphatic heterocycles. The predicted molar refractivity (Wildman–Crippen MR) is 111 cm³/mol. The lowest BCUT2D eigenvalue weighted by Gasteiger charge is -2.19. The largest absolute Gasteiger partial charge is 0.481 e. The average molecular weight is 497 g/mol. The lowest BCUT2D eigenvalue weighted by atomic mass is 9.98. The molecule has 1 aliphatic carbocycles. The number of carbonyl (C=O) groups excluding carboxylic acids is 2. The number of hydrogen-bond acceptors (Lipinski definition) is 4. The van der Waals surface area contributed by atoms with Crippen molar-refractivity contribution >= 4 is 33.9 Å². The molecule has 3 N–H and O–H groups in total. The second-order valence-corrected chi connectivity index (χ2v) is 8.11. The van der Waals surface area contributed by atoms with Crippen LogP contribution in [-0.4, -0.2) is 47.1 Å². The first-order valence-electron chi connectivity index (χ1n) is 9.33. The van der Waals surface area contributed by atoms with Gasteiger partial charge in [-0.15, -0.1) is 0 Å². The van der Waals surface area contributed by atoms with E-state index in [9.17, 15) is 23.2 Å². The molecule has 0 aromatic heterocycles. The molecule has 2 aromatic rings. The normalized spacial score (nSPS) is 13.6. The van der Waals surface area contributed by atoms with Crippen molar-refractivity contribution < 1.29 is 33.0 Å². The Morgan fingerprint density at radius 1 is 1.06 bits per heavy atom. The van der Waals surface area contributed by atoms with Crippen LogP contribution in [0.1, 0.15) is 23.5 Å². The summed E-state index contributed by atoms with van der Waals surface area (Å²) >= 11 is 2.07. The van der Waals surface area contributed by atoms with Crippen LogP contribution in [0.5, 0.6) is 0 Å². The Balaban J connectivity index is 1.65. The number of carboxylic acids is 1. The van der Waals surface area contributed by atoms with E-state index < -0.39 is 41.8 Å². The number of aliphatic carboxylic acids is 1. The molecule has 0 fully saturated rings. The Kier molecular flexibility index (Phi) is 6.89. The highest BCUT2D eigenvalue weighted by Gasteiger charge is 2.31. The van der Waals surface area contributed by atoms with Gasteiger partial charge >= 0.3 is 16.9 Å². The third-order valence-electron chi connectivity index (χ3n) is 4.79. The summed E-state index contributed by atoms with van der Waals surface area (Å²) in [5.41, 5.74) is 4.03. The van der Waals surface area contributed by atoms with Crippen molar-refractivity contribution in [3.63, 3.8) is 0 Å². The number of alkyl halides is 3. The first-order valence-corrected chi connectivity index (χ1v) is 10.1. The summed E-state index contributed by atoms with van der Waals surface area (Å²) < 4.78 is 31.0. The number of carboxylic acid groups (broad SMARTS) is 1. The number of halogens is 3. The van der Waals surface area contributed by atoms with Gasteiger partial charge in [0.1, 0.15) is 12.6 Å². The lowest BCUT2D eigenvalue weighted by Crippen LogP contribution is -2.49. The Bertz CT molecular complexity index is 950. The number of rotatable bonds is 8. The van der Waals surface area contributed by atoms with Gasteiger partial charge in [0.25, 0.3) is 0 Å². The molecule has 7 nitrogen and oxygen atoms in total. The molecule has 0 spiro atoms. The standard InChI is InChI=1S/C21H19BrF2N2O5/c22-21(23,24)11-25-19(29)17(9-18(27)28)26-20(30)31-10-16-14-7-3-1-5-12(14)13-6-2-4-8-15(13)16/h1-8,16-17H,9-11H2,(H,25,29)(H,26,30)(H,27,28). The van der Waals surface area contributed by atoms with E-state index in [0.29, 0.717) is 0 Å². The van der Waals surface area contributed by atoms with Crippen LogP contribution in [0.2, 0.25) is 0 Å². The lowest BCUT2D eigenvalue weighted by molar-refractivity contribution is -0.139. The molecule has 31 heavy (non-hydrogen) atoms. The number of hydrogen-bond donors (Lipinski definition) is 3. The second-order valence-electron chi connectivity index (χ2n) is 6.95. The maximum absolute atomic E-state index is 12.9. The van der Waals surface area contributed by atoms with Crippen molar-refractivity contribution in [1.29, 1.82) is 0 Å². The van der Waals surface area contributed by atoms with Crippen LogP contribution in [0.3, 0.4) is 0 Å². The molecule has 3 rings (SSSR count). The van der Waals surface area contributed by atoms with Gasteiger partial charge in [0.05, 0.1) is 13.0 Å². The van der Waals surface area contributed by atoms with Gasteiger partial charge in [-0.1, -0.05) is 48.5 Å². The van der Waals surface area contributed by atoms with E-state index >= 15 is 0 Å². The predicted octanol–water partition coefficient (Wildman–Crippen LogP) is 3.47. The van der Waals surface area contributed by atoms with E-state index in [1.54, 1.807) is 0 Å². The molecule has 164 valence electrons. The molecule has 0 bridgehead atoms. The number of benzene rings is 2. The van der Waals surface area contributed by atoms with Crippen molar-refractivity contribution in [1.82, 2.24) is 10.6 Å². The van der Waals surface area contributed by atoms with Crippen molar-refractivity contribution in [2.75, 3.05) is 13.2 Å². The van der Waals surface area contributed by atoms with Crippen LogP contribution in [-0.2, 0) is 14.3 Å². The molecule has 1 atom stereocenters. The summed E-state index contributed by atoms with van der Waals surface area (Å²) in [4.78, 5) is 32.0. The van der Waals surface area contributed by atoms with Gasteiger partial charge in [0.15, 0.2) is 0 Å². The minimum atomic E-state index is -3.36. The van der Waals surface area contributed by atoms with E-state index in [1.807, 2.05) is 53.8 Å². The molecule has 0 radical (unpaired) electrons. The van der Waals surface area contributed by atoms with Crippen molar-refractivity contribution in [2.24, 2.45) is 0 Å². The fraction of sp³-hybridized carbons (Fsp3) is 0.286. The van der Waals surface area contributed by atoms with Crippen LogP contribution in [0, 0.1) is 0 Å². The molecule has 10 heteroatoms. The molecule has 0 saturated heterocycles. The zero-order valence-corrected chi connectivity index (χ0v) is 17.7. The minimum Gasteiger partial charge on any atom is -0.481 e. The maximum Gasteiger partial charge on any atom is 0.407 e. The highest BCUT2D eigenvalue weighted by Crippen LogP contribution is 2.44. The SMILES string of the molecule is O=C(O)CC(NC(=O)OCC1c2ccccc2-c2ccccc21)C(=O)NCC(F)(F)Br. The second kappa shape index (κ2) is 9.42. The fourth-order valence-corrected chi connectivity index (χ4v) is 3.62. The van der Waals surface area contributed by atoms with Gasteiger partial charge in [-0.05, 0) is 38.2 Å². The molecule has 1 aliphatic rings. The quantitative estimate of drug-likeness (QED) is 0.485. The third-order valence-corrected chi connectivity index (χ3v) is 5.07. The minimum absolute atomic E-state index is 0.0409. The van der Waals surface area contributed by atoms with Gasteiger partial charge in [0.2, 0.25) is 5.91 Å². The van der Waals surface area contributed by atoms with Crippen LogP contribution < -0.4 is 10.6 Å². The molecule has 1 unspecified atom stereocenters. The Morgan fingerprint density at radius 2 is 1.61 bits per heavy atom. The molecule has 0 heterocycles. The molecule has 0 saturated carbocycles. The summed E-state index contributed by atoms with van der Waals surface area (Å²) in [5, 5.41) is 13.0. The van der Waals surface area contributed by atoms with Crippen LogP contribution >= 0.6 is 15.9 Å². The Labute approximate surface area is 184 Å². The summed E-state index contributed by atoms with van der Waals surface area (Å²) in [6.45, 7) is -1.10. The number of ether oxygens (including phenoxy) is 1. The van der Waals surface area contributed by atoms with E-state index in [2.05, 4.69) is 21.2 Å². The molecular formula is C21H19BrF2N2O5. The highest BCUT2D eigenvalue weighted by molar-refractivity contribution is 9.10. The summed E-state index contributed by atoms with van der Waals surface area (Å²) in [6, 6.07) is 13.8. The zero-order chi connectivity index (χ0) is 22.6. The van der Waals surface area contributed by atoms with E-state index in [0.717, 1.165) is 22.3 Å². The first kappa shape index (κ1) is 22.7. The number of fused-ring (bicyclic) bond motifs is 3. The number of alkyl carbamates (subject to hydrolysis) is 1. The summed E-state index contributed by atoms with van der Waals surface area (Å²) in [5.74, 6) is -2.67. The van der Waals surface area contributed by atoms with Gasteiger partial charge < -0.3 is 20.5 Å². The summed E-state index contributed by atoms with van der Waals surface area (Å²) in [6.07, 6.45) is -1.81. The monoisotopic (exact) mass is 496 g/mol. The number of amides is 2. The van der Waals surface area contributed by atoms with Gasteiger partial charge in [-0.3, -0.25) is 9.59 Å². The third kappa shape index (κ3) is 5.78. The van der Waals surface area contributed by atoms with E-state index in [4.69, 9.17) is 9.84 Å². The van der Waals surface area contributed by atoms with Crippen LogP contribution in [0.15, 0.2) is 48.5 Å². The number of nitrogens with one attached hydrogen (secondary N) is 2. The number of carbonyl (C=O) groups is 3. The molecule has 2 aromatic carbocycles. The topological polar surface area (TPSA) is 105 Å². The molecule has 2 amide bonds. The average Bonchev–Trinajstić information content (AvgIpc) is 3.03. The fourth-order valence-electron chi connectivity index (χ4n) is 3.48. The van der Waals surface area contributed by atoms with Crippen molar-refractivity contribution in [3.05, 3.63) is 59.7 Å². The Hall–Kier alpha value is -3.01. The van der Waals surface area contributed by atoms with Crippen LogP contribution in [0.25, 0.3) is 11.1 Å². The molecular weight excluding hydrogens is 478 g/mol. The van der Waals surface area contributed by atoms with Crippen molar-refractivity contribution in [3.8, 4) is 11.1 Å². The summed E-state index contributed by atoms with van der Waals surface area (Å²) in [7, 11) is 0. The van der Waals surface area contributed by atoms with Gasteiger partial charge in [-0.25, -0.2) is 4.79 Å². The zero-order valence-electron chi connectivity index (χ0n) is 16.1. The van der Waals surface area contributed by atoms with Crippen molar-refractivity contribution in [2.45, 2.75) is 23.2 Å². The van der Waals surface area contributed by atoms with E-state index in [-0.39, 0.29) is 12.5 Å². The van der Waals surface area contributed by atoms with Gasteiger partial charge in [0, 0.05) is 5.92 Å². The smallest absolute Gasteiger partial charge is 0.407 e. The Morgan fingerprint density at radius 3 is 2.13 bits per heavy atom.